The lowest BCUT2D eigenvalue weighted by Gasteiger charge is -2.35. The molecule has 1 unspecified atom stereocenters. The molecule has 0 saturated carbocycles. The van der Waals surface area contributed by atoms with E-state index in [1.54, 1.807) is 0 Å². The van der Waals surface area contributed by atoms with E-state index in [0.717, 1.165) is 37.4 Å². The van der Waals surface area contributed by atoms with E-state index >= 15 is 0 Å². The van der Waals surface area contributed by atoms with E-state index in [9.17, 15) is 0 Å². The van der Waals surface area contributed by atoms with Crippen molar-refractivity contribution in [1.82, 2.24) is 15.1 Å². The first-order chi connectivity index (χ1) is 11.7. The minimum Gasteiger partial charge on any atom is -0.454 e. The Bertz CT molecular complexity index is 707. The highest BCUT2D eigenvalue weighted by molar-refractivity contribution is 5.57. The van der Waals surface area contributed by atoms with Gasteiger partial charge in [-0.15, -0.1) is 0 Å². The molecule has 3 heterocycles. The zero-order valence-corrected chi connectivity index (χ0v) is 14.2. The Morgan fingerprint density at radius 1 is 1.21 bits per heavy atom. The quantitative estimate of drug-likeness (QED) is 0.934. The number of fused-ring (bicyclic) bond motifs is 1. The molecule has 0 radical (unpaired) electrons. The summed E-state index contributed by atoms with van der Waals surface area (Å²) in [5.74, 6) is 1.71. The van der Waals surface area contributed by atoms with Crippen molar-refractivity contribution < 1.29 is 9.47 Å². The summed E-state index contributed by atoms with van der Waals surface area (Å²) in [6.45, 7) is 4.65. The van der Waals surface area contributed by atoms with Gasteiger partial charge in [0, 0.05) is 55.7 Å². The molecule has 0 bridgehead atoms. The van der Waals surface area contributed by atoms with E-state index in [0.29, 0.717) is 18.9 Å². The second-order valence-electron chi connectivity index (χ2n) is 6.63. The summed E-state index contributed by atoms with van der Waals surface area (Å²) in [5, 5.41) is 7.99. The van der Waals surface area contributed by atoms with Gasteiger partial charge in [0.25, 0.3) is 0 Å². The largest absolute Gasteiger partial charge is 0.454 e. The Morgan fingerprint density at radius 2 is 2.00 bits per heavy atom. The molecule has 2 aliphatic heterocycles. The number of rotatable bonds is 4. The lowest BCUT2D eigenvalue weighted by molar-refractivity contribution is 0.174. The molecule has 0 amide bonds. The topological polar surface area (TPSA) is 51.6 Å². The van der Waals surface area contributed by atoms with Crippen LogP contribution in [-0.2, 0) is 7.05 Å². The Hall–Kier alpha value is -2.21. The van der Waals surface area contributed by atoms with Gasteiger partial charge < -0.3 is 19.7 Å². The van der Waals surface area contributed by atoms with Gasteiger partial charge in [0.2, 0.25) is 6.79 Å². The van der Waals surface area contributed by atoms with Crippen LogP contribution in [0.5, 0.6) is 11.5 Å². The molecule has 2 aliphatic rings. The second-order valence-corrected chi connectivity index (χ2v) is 6.63. The van der Waals surface area contributed by atoms with E-state index in [4.69, 9.17) is 9.47 Å². The first-order valence-corrected chi connectivity index (χ1v) is 8.58. The summed E-state index contributed by atoms with van der Waals surface area (Å²) in [7, 11) is 1.96. The van der Waals surface area contributed by atoms with Crippen LogP contribution in [0.4, 0.5) is 5.69 Å². The third kappa shape index (κ3) is 3.06. The number of benzene rings is 1. The Kier molecular flexibility index (Phi) is 4.06. The fourth-order valence-electron chi connectivity index (χ4n) is 3.50. The molecule has 6 nitrogen and oxygen atoms in total. The molecule has 1 N–H and O–H groups in total. The lowest BCUT2D eigenvalue weighted by atomic mass is 10.0. The predicted molar refractivity (Wildman–Crippen MR) is 92.6 cm³/mol. The standard InChI is InChI=1S/C18H24N4O2/c1-13(14-10-19-21(2)11-14)20-15-5-7-22(8-6-15)16-3-4-17-18(9-16)24-12-23-17/h3-4,9-11,13,15,20H,5-8,12H2,1-2H3. The number of ether oxygens (including phenoxy) is 2. The van der Waals surface area contributed by atoms with Gasteiger partial charge in [-0.25, -0.2) is 0 Å². The van der Waals surface area contributed by atoms with Crippen molar-refractivity contribution in [1.29, 1.82) is 0 Å². The summed E-state index contributed by atoms with van der Waals surface area (Å²) < 4.78 is 12.7. The van der Waals surface area contributed by atoms with Crippen molar-refractivity contribution in [2.24, 2.45) is 7.05 Å². The monoisotopic (exact) mass is 328 g/mol. The SMILES string of the molecule is CC(NC1CCN(c2ccc3c(c2)OCO3)CC1)c1cnn(C)c1. The predicted octanol–water partition coefficient (Wildman–Crippen LogP) is 2.47. The minimum atomic E-state index is 0.330. The minimum absolute atomic E-state index is 0.330. The van der Waals surface area contributed by atoms with E-state index in [2.05, 4.69) is 40.6 Å². The number of aryl methyl sites for hydroxylation is 1. The molecule has 128 valence electrons. The molecule has 6 heteroatoms. The van der Waals surface area contributed by atoms with Crippen LogP contribution >= 0.6 is 0 Å². The average molecular weight is 328 g/mol. The summed E-state index contributed by atoms with van der Waals surface area (Å²) in [4.78, 5) is 2.43. The number of nitrogens with one attached hydrogen (secondary N) is 1. The van der Waals surface area contributed by atoms with E-state index < -0.39 is 0 Å². The average Bonchev–Trinajstić information content (AvgIpc) is 3.23. The van der Waals surface area contributed by atoms with Crippen molar-refractivity contribution in [3.63, 3.8) is 0 Å². The highest BCUT2D eigenvalue weighted by Crippen LogP contribution is 2.36. The van der Waals surface area contributed by atoms with Crippen LogP contribution in [0.3, 0.4) is 0 Å². The van der Waals surface area contributed by atoms with Crippen LogP contribution in [0.2, 0.25) is 0 Å². The maximum Gasteiger partial charge on any atom is 0.231 e. The van der Waals surface area contributed by atoms with Crippen LogP contribution in [0.15, 0.2) is 30.6 Å². The number of hydrogen-bond acceptors (Lipinski definition) is 5. The molecular weight excluding hydrogens is 304 g/mol. The lowest BCUT2D eigenvalue weighted by Crippen LogP contribution is -2.43. The van der Waals surface area contributed by atoms with Crippen molar-refractivity contribution in [3.05, 3.63) is 36.2 Å². The van der Waals surface area contributed by atoms with Gasteiger partial charge in [0.1, 0.15) is 0 Å². The third-order valence-corrected chi connectivity index (χ3v) is 4.93. The van der Waals surface area contributed by atoms with Crippen molar-refractivity contribution in [3.8, 4) is 11.5 Å². The summed E-state index contributed by atoms with van der Waals surface area (Å²) >= 11 is 0. The maximum atomic E-state index is 5.49. The van der Waals surface area contributed by atoms with Crippen LogP contribution < -0.4 is 19.7 Å². The fraction of sp³-hybridized carbons (Fsp3) is 0.500. The van der Waals surface area contributed by atoms with E-state index in [1.807, 2.05) is 24.0 Å². The Balaban J connectivity index is 1.33. The van der Waals surface area contributed by atoms with Crippen LogP contribution in [0, 0.1) is 0 Å². The summed E-state index contributed by atoms with van der Waals surface area (Å²) in [5.41, 5.74) is 2.47. The highest BCUT2D eigenvalue weighted by Gasteiger charge is 2.23. The summed E-state index contributed by atoms with van der Waals surface area (Å²) in [6.07, 6.45) is 6.30. The van der Waals surface area contributed by atoms with Crippen LogP contribution in [0.25, 0.3) is 0 Å². The zero-order valence-electron chi connectivity index (χ0n) is 14.2. The van der Waals surface area contributed by atoms with Gasteiger partial charge in [-0.2, -0.15) is 5.10 Å². The Labute approximate surface area is 142 Å². The van der Waals surface area contributed by atoms with Crippen molar-refractivity contribution in [2.75, 3.05) is 24.8 Å². The smallest absolute Gasteiger partial charge is 0.231 e. The molecular formula is C18H24N4O2. The normalized spacial score (nSPS) is 18.8. The first kappa shape index (κ1) is 15.3. The van der Waals surface area contributed by atoms with Gasteiger partial charge in [-0.1, -0.05) is 0 Å². The second kappa shape index (κ2) is 6.36. The highest BCUT2D eigenvalue weighted by atomic mass is 16.7. The molecule has 0 spiro atoms. The molecule has 24 heavy (non-hydrogen) atoms. The molecule has 1 atom stereocenters. The number of hydrogen-bond donors (Lipinski definition) is 1. The van der Waals surface area contributed by atoms with E-state index in [-0.39, 0.29) is 0 Å². The molecule has 1 aromatic carbocycles. The number of aromatic nitrogens is 2. The molecule has 1 aromatic heterocycles. The molecule has 1 fully saturated rings. The summed E-state index contributed by atoms with van der Waals surface area (Å²) in [6, 6.07) is 7.10. The van der Waals surface area contributed by atoms with Gasteiger partial charge >= 0.3 is 0 Å². The van der Waals surface area contributed by atoms with Gasteiger partial charge in [-0.3, -0.25) is 4.68 Å². The van der Waals surface area contributed by atoms with Crippen molar-refractivity contribution in [2.45, 2.75) is 31.8 Å². The number of nitrogens with zero attached hydrogens (tertiary/aromatic N) is 3. The third-order valence-electron chi connectivity index (χ3n) is 4.93. The van der Waals surface area contributed by atoms with Gasteiger partial charge in [0.15, 0.2) is 11.5 Å². The van der Waals surface area contributed by atoms with Crippen LogP contribution in [0.1, 0.15) is 31.4 Å². The zero-order chi connectivity index (χ0) is 16.5. The number of piperidine rings is 1. The fourth-order valence-corrected chi connectivity index (χ4v) is 3.50. The first-order valence-electron chi connectivity index (χ1n) is 8.58. The maximum absolute atomic E-state index is 5.49. The molecule has 2 aromatic rings. The molecule has 0 aliphatic carbocycles. The van der Waals surface area contributed by atoms with Gasteiger partial charge in [-0.05, 0) is 31.9 Å². The van der Waals surface area contributed by atoms with Gasteiger partial charge in [0.05, 0.1) is 6.20 Å². The molecule has 4 rings (SSSR count). The molecule has 1 saturated heterocycles. The number of anilines is 1. The van der Waals surface area contributed by atoms with Crippen molar-refractivity contribution >= 4 is 5.69 Å². The van der Waals surface area contributed by atoms with E-state index in [1.165, 1.54) is 11.3 Å². The van der Waals surface area contributed by atoms with Crippen LogP contribution in [-0.4, -0.2) is 35.7 Å². The Morgan fingerprint density at radius 3 is 2.75 bits per heavy atom.